The topological polar surface area (TPSA) is 121 Å². The summed E-state index contributed by atoms with van der Waals surface area (Å²) >= 11 is 0. The number of aromatic nitrogens is 1. The Bertz CT molecular complexity index is 920. The molecule has 31 heavy (non-hydrogen) atoms. The number of pyridine rings is 1. The number of aliphatic hydroxyl groups excluding tert-OH is 1. The minimum atomic E-state index is -1.06. The molecule has 2 aliphatic rings. The van der Waals surface area contributed by atoms with E-state index in [0.29, 0.717) is 50.4 Å². The first-order valence-electron chi connectivity index (χ1n) is 10.5. The SMILES string of the molecule is NC1CCN(c2ccc(Nc3nc(N4CCC(O)CC4)ccc3[N+](=O)[O-])cc2)CC1F. The molecule has 0 spiro atoms. The second-order valence-electron chi connectivity index (χ2n) is 8.10. The molecule has 4 N–H and O–H groups in total. The van der Waals surface area contributed by atoms with Gasteiger partial charge in [-0.05, 0) is 49.6 Å². The van der Waals surface area contributed by atoms with Gasteiger partial charge in [-0.25, -0.2) is 9.37 Å². The van der Waals surface area contributed by atoms with E-state index < -0.39 is 17.1 Å². The molecule has 2 fully saturated rings. The van der Waals surface area contributed by atoms with Gasteiger partial charge in [0.05, 0.1) is 17.6 Å². The van der Waals surface area contributed by atoms with Crippen molar-refractivity contribution < 1.29 is 14.4 Å². The molecule has 2 unspecified atom stereocenters. The summed E-state index contributed by atoms with van der Waals surface area (Å²) in [4.78, 5) is 19.5. The summed E-state index contributed by atoms with van der Waals surface area (Å²) in [6.07, 6.45) is 0.511. The fraction of sp³-hybridized carbons (Fsp3) is 0.476. The van der Waals surface area contributed by atoms with Gasteiger partial charge in [-0.15, -0.1) is 0 Å². The first-order chi connectivity index (χ1) is 14.9. The Morgan fingerprint density at radius 3 is 2.42 bits per heavy atom. The molecule has 10 heteroatoms. The summed E-state index contributed by atoms with van der Waals surface area (Å²) in [5, 5.41) is 24.2. The summed E-state index contributed by atoms with van der Waals surface area (Å²) in [5.41, 5.74) is 7.16. The van der Waals surface area contributed by atoms with Crippen LogP contribution in [0.15, 0.2) is 36.4 Å². The first kappa shape index (κ1) is 21.3. The zero-order valence-electron chi connectivity index (χ0n) is 17.2. The van der Waals surface area contributed by atoms with Crippen LogP contribution in [0.2, 0.25) is 0 Å². The molecule has 2 aromatic rings. The Labute approximate surface area is 179 Å². The standard InChI is InChI=1S/C21H27FN6O3/c22-17-13-27(12-9-18(17)23)15-3-1-14(2-4-15)24-21-19(28(30)31)5-6-20(25-21)26-10-7-16(29)8-11-26/h1-6,16-18,29H,7-13,23H2,(H,24,25). The minimum absolute atomic E-state index is 0.116. The Morgan fingerprint density at radius 2 is 1.77 bits per heavy atom. The number of alkyl halides is 1. The van der Waals surface area contributed by atoms with Crippen LogP contribution in [0.25, 0.3) is 0 Å². The van der Waals surface area contributed by atoms with Crippen LogP contribution in [-0.4, -0.2) is 59.5 Å². The van der Waals surface area contributed by atoms with Gasteiger partial charge in [0, 0.05) is 43.1 Å². The normalized spacial score (nSPS) is 22.4. The van der Waals surface area contributed by atoms with E-state index in [0.717, 1.165) is 5.69 Å². The number of piperidine rings is 2. The number of nitrogens with one attached hydrogen (secondary N) is 1. The lowest BCUT2D eigenvalue weighted by molar-refractivity contribution is -0.384. The number of aliphatic hydroxyl groups is 1. The Kier molecular flexibility index (Phi) is 6.19. The predicted octanol–water partition coefficient (Wildman–Crippen LogP) is 2.57. The van der Waals surface area contributed by atoms with Gasteiger partial charge in [0.15, 0.2) is 0 Å². The molecule has 2 aliphatic heterocycles. The van der Waals surface area contributed by atoms with Crippen LogP contribution in [0.4, 0.5) is 33.1 Å². The molecule has 3 heterocycles. The second-order valence-corrected chi connectivity index (χ2v) is 8.10. The van der Waals surface area contributed by atoms with Crippen LogP contribution in [-0.2, 0) is 0 Å². The van der Waals surface area contributed by atoms with Crippen molar-refractivity contribution in [2.24, 2.45) is 5.73 Å². The molecule has 2 atom stereocenters. The highest BCUT2D eigenvalue weighted by molar-refractivity contribution is 5.69. The third-order valence-corrected chi connectivity index (χ3v) is 5.93. The molecular weight excluding hydrogens is 403 g/mol. The van der Waals surface area contributed by atoms with Crippen LogP contribution in [0.1, 0.15) is 19.3 Å². The van der Waals surface area contributed by atoms with E-state index in [1.165, 1.54) is 6.07 Å². The third kappa shape index (κ3) is 4.86. The average molecular weight is 430 g/mol. The largest absolute Gasteiger partial charge is 0.393 e. The smallest absolute Gasteiger partial charge is 0.311 e. The maximum Gasteiger partial charge on any atom is 0.311 e. The average Bonchev–Trinajstić information content (AvgIpc) is 2.76. The van der Waals surface area contributed by atoms with E-state index >= 15 is 0 Å². The summed E-state index contributed by atoms with van der Waals surface area (Å²) < 4.78 is 13.9. The molecule has 4 rings (SSSR count). The van der Waals surface area contributed by atoms with Gasteiger partial charge in [0.1, 0.15) is 12.0 Å². The fourth-order valence-electron chi connectivity index (χ4n) is 4.00. The van der Waals surface area contributed by atoms with Crippen LogP contribution >= 0.6 is 0 Å². The van der Waals surface area contributed by atoms with Gasteiger partial charge in [0.2, 0.25) is 5.82 Å². The number of hydrogen-bond acceptors (Lipinski definition) is 8. The van der Waals surface area contributed by atoms with Gasteiger partial charge in [-0.3, -0.25) is 10.1 Å². The Morgan fingerprint density at radius 1 is 1.10 bits per heavy atom. The molecule has 9 nitrogen and oxygen atoms in total. The molecule has 1 aromatic carbocycles. The third-order valence-electron chi connectivity index (χ3n) is 5.93. The molecule has 166 valence electrons. The quantitative estimate of drug-likeness (QED) is 0.489. The zero-order valence-corrected chi connectivity index (χ0v) is 17.2. The first-order valence-corrected chi connectivity index (χ1v) is 10.5. The van der Waals surface area contributed by atoms with Crippen molar-refractivity contribution in [3.63, 3.8) is 0 Å². The minimum Gasteiger partial charge on any atom is -0.393 e. The number of benzene rings is 1. The van der Waals surface area contributed by atoms with Gasteiger partial charge in [0.25, 0.3) is 0 Å². The van der Waals surface area contributed by atoms with E-state index in [1.807, 2.05) is 21.9 Å². The summed E-state index contributed by atoms with van der Waals surface area (Å²) in [6, 6.07) is 9.97. The van der Waals surface area contributed by atoms with Gasteiger partial charge in [-0.1, -0.05) is 0 Å². The van der Waals surface area contributed by atoms with E-state index in [1.54, 1.807) is 18.2 Å². The molecule has 0 radical (unpaired) electrons. The number of nitrogens with two attached hydrogens (primary N) is 1. The Hall–Kier alpha value is -2.98. The van der Waals surface area contributed by atoms with Crippen LogP contribution < -0.4 is 20.9 Å². The summed E-state index contributed by atoms with van der Waals surface area (Å²) in [6.45, 7) is 2.24. The summed E-state index contributed by atoms with van der Waals surface area (Å²) in [5.74, 6) is 0.796. The van der Waals surface area contributed by atoms with Crippen LogP contribution in [0.5, 0.6) is 0 Å². The van der Waals surface area contributed by atoms with E-state index in [2.05, 4.69) is 10.3 Å². The van der Waals surface area contributed by atoms with E-state index in [4.69, 9.17) is 5.73 Å². The lowest BCUT2D eigenvalue weighted by Gasteiger charge is -2.34. The van der Waals surface area contributed by atoms with E-state index in [9.17, 15) is 19.6 Å². The van der Waals surface area contributed by atoms with Crippen LogP contribution in [0.3, 0.4) is 0 Å². The number of halogens is 1. The molecule has 0 amide bonds. The van der Waals surface area contributed by atoms with Gasteiger partial charge >= 0.3 is 5.69 Å². The van der Waals surface area contributed by atoms with Crippen molar-refractivity contribution in [2.75, 3.05) is 41.3 Å². The van der Waals surface area contributed by atoms with Crippen molar-refractivity contribution >= 4 is 28.7 Å². The molecular formula is C21H27FN6O3. The molecule has 1 aromatic heterocycles. The number of hydrogen-bond donors (Lipinski definition) is 3. The van der Waals surface area contributed by atoms with E-state index in [-0.39, 0.29) is 24.2 Å². The lowest BCUT2D eigenvalue weighted by atomic mass is 10.0. The van der Waals surface area contributed by atoms with Crippen molar-refractivity contribution in [2.45, 2.75) is 37.6 Å². The molecule has 0 aliphatic carbocycles. The maximum atomic E-state index is 13.9. The maximum absolute atomic E-state index is 13.9. The van der Waals surface area contributed by atoms with Gasteiger partial charge in [-0.2, -0.15) is 0 Å². The molecule has 0 saturated carbocycles. The highest BCUT2D eigenvalue weighted by atomic mass is 19.1. The van der Waals surface area contributed by atoms with Crippen molar-refractivity contribution in [1.29, 1.82) is 0 Å². The second kappa shape index (κ2) is 9.03. The Balaban J connectivity index is 1.51. The highest BCUT2D eigenvalue weighted by Gasteiger charge is 2.26. The number of nitro groups is 1. The van der Waals surface area contributed by atoms with Gasteiger partial charge < -0.3 is 26.0 Å². The summed E-state index contributed by atoms with van der Waals surface area (Å²) in [7, 11) is 0. The monoisotopic (exact) mass is 430 g/mol. The fourth-order valence-corrected chi connectivity index (χ4v) is 4.00. The lowest BCUT2D eigenvalue weighted by Crippen LogP contribution is -2.48. The molecule has 0 bridgehead atoms. The number of anilines is 4. The zero-order chi connectivity index (χ0) is 22.0. The molecule has 2 saturated heterocycles. The predicted molar refractivity (Wildman–Crippen MR) is 118 cm³/mol. The number of rotatable bonds is 5. The van der Waals surface area contributed by atoms with Crippen molar-refractivity contribution in [1.82, 2.24) is 4.98 Å². The van der Waals surface area contributed by atoms with Crippen LogP contribution in [0, 0.1) is 10.1 Å². The van der Waals surface area contributed by atoms with Crippen molar-refractivity contribution in [3.8, 4) is 0 Å². The van der Waals surface area contributed by atoms with Crippen molar-refractivity contribution in [3.05, 3.63) is 46.5 Å². The number of nitrogens with zero attached hydrogens (tertiary/aromatic N) is 4. The highest BCUT2D eigenvalue weighted by Crippen LogP contribution is 2.31.